The Morgan fingerprint density at radius 3 is 2.95 bits per heavy atom. The fourth-order valence-electron chi connectivity index (χ4n) is 1.95. The van der Waals surface area contributed by atoms with Gasteiger partial charge in [-0.2, -0.15) is 0 Å². The van der Waals surface area contributed by atoms with Crippen molar-refractivity contribution in [3.63, 3.8) is 0 Å². The Labute approximate surface area is 149 Å². The van der Waals surface area contributed by atoms with Gasteiger partial charge in [0.05, 0.1) is 16.4 Å². The van der Waals surface area contributed by atoms with Crippen LogP contribution in [0.25, 0.3) is 0 Å². The van der Waals surface area contributed by atoms with E-state index in [0.717, 1.165) is 35.9 Å². The molecule has 0 saturated carbocycles. The first-order chi connectivity index (χ1) is 9.28. The minimum Gasteiger partial charge on any atom is -0.376 e. The monoisotopic (exact) mass is 473 g/mol. The molecule has 1 atom stereocenters. The Bertz CT molecular complexity index is 422. The van der Waals surface area contributed by atoms with E-state index in [1.807, 2.05) is 0 Å². The minimum atomic E-state index is 0. The molecule has 0 aliphatic carbocycles. The molecule has 114 valence electrons. The second kappa shape index (κ2) is 9.97. The molecule has 1 saturated heterocycles. The van der Waals surface area contributed by atoms with Gasteiger partial charge in [0.1, 0.15) is 0 Å². The van der Waals surface area contributed by atoms with Crippen molar-refractivity contribution in [1.82, 2.24) is 10.6 Å². The SMILES string of the molecule is CCNC(=NCc1ccc(Br)s1)NCC1CCCO1.I. The van der Waals surface area contributed by atoms with Gasteiger partial charge < -0.3 is 15.4 Å². The summed E-state index contributed by atoms with van der Waals surface area (Å²) < 4.78 is 6.75. The van der Waals surface area contributed by atoms with E-state index in [9.17, 15) is 0 Å². The number of nitrogens with zero attached hydrogens (tertiary/aromatic N) is 1. The lowest BCUT2D eigenvalue weighted by Crippen LogP contribution is -2.41. The minimum absolute atomic E-state index is 0. The van der Waals surface area contributed by atoms with Crippen LogP contribution in [0.2, 0.25) is 0 Å². The Morgan fingerprint density at radius 1 is 1.50 bits per heavy atom. The van der Waals surface area contributed by atoms with Gasteiger partial charge in [-0.1, -0.05) is 0 Å². The van der Waals surface area contributed by atoms with E-state index in [-0.39, 0.29) is 24.0 Å². The molecule has 2 rings (SSSR count). The first-order valence-electron chi connectivity index (χ1n) is 6.66. The predicted molar refractivity (Wildman–Crippen MR) is 99.2 cm³/mol. The van der Waals surface area contributed by atoms with Crippen LogP contribution in [-0.4, -0.2) is 31.8 Å². The molecule has 1 aliphatic rings. The maximum Gasteiger partial charge on any atom is 0.191 e. The van der Waals surface area contributed by atoms with Crippen LogP contribution in [0.3, 0.4) is 0 Å². The predicted octanol–water partition coefficient (Wildman–Crippen LogP) is 3.36. The number of aliphatic imine (C=N–C) groups is 1. The summed E-state index contributed by atoms with van der Waals surface area (Å²) in [4.78, 5) is 5.84. The molecule has 0 radical (unpaired) electrons. The Kier molecular flexibility index (Phi) is 9.06. The molecule has 20 heavy (non-hydrogen) atoms. The molecule has 1 aromatic rings. The zero-order valence-electron chi connectivity index (χ0n) is 11.5. The molecule has 2 N–H and O–H groups in total. The van der Waals surface area contributed by atoms with Crippen LogP contribution in [0.15, 0.2) is 20.9 Å². The van der Waals surface area contributed by atoms with Crippen LogP contribution in [0.1, 0.15) is 24.6 Å². The molecule has 0 spiro atoms. The fraction of sp³-hybridized carbons (Fsp3) is 0.615. The van der Waals surface area contributed by atoms with E-state index >= 15 is 0 Å². The largest absolute Gasteiger partial charge is 0.376 e. The van der Waals surface area contributed by atoms with Crippen LogP contribution in [0.4, 0.5) is 0 Å². The molecule has 1 unspecified atom stereocenters. The lowest BCUT2D eigenvalue weighted by Gasteiger charge is -2.14. The van der Waals surface area contributed by atoms with Crippen LogP contribution in [0.5, 0.6) is 0 Å². The van der Waals surface area contributed by atoms with Gasteiger partial charge >= 0.3 is 0 Å². The van der Waals surface area contributed by atoms with Gasteiger partial charge in [-0.25, -0.2) is 4.99 Å². The van der Waals surface area contributed by atoms with E-state index in [0.29, 0.717) is 12.6 Å². The van der Waals surface area contributed by atoms with E-state index in [2.05, 4.69) is 50.6 Å². The van der Waals surface area contributed by atoms with Crippen LogP contribution < -0.4 is 10.6 Å². The van der Waals surface area contributed by atoms with Crippen molar-refractivity contribution in [2.75, 3.05) is 19.7 Å². The second-order valence-electron chi connectivity index (χ2n) is 4.42. The third-order valence-electron chi connectivity index (χ3n) is 2.89. The molecule has 1 aliphatic heterocycles. The first kappa shape index (κ1) is 18.2. The summed E-state index contributed by atoms with van der Waals surface area (Å²) in [5.74, 6) is 0.863. The average molecular weight is 474 g/mol. The van der Waals surface area contributed by atoms with Gasteiger partial charge in [0.15, 0.2) is 5.96 Å². The van der Waals surface area contributed by atoms with Crippen LogP contribution >= 0.6 is 51.2 Å². The van der Waals surface area contributed by atoms with Gasteiger partial charge in [-0.3, -0.25) is 0 Å². The zero-order chi connectivity index (χ0) is 13.5. The Morgan fingerprint density at radius 2 is 2.35 bits per heavy atom. The van der Waals surface area contributed by atoms with Crippen molar-refractivity contribution < 1.29 is 4.74 Å². The standard InChI is InChI=1S/C13H20BrN3OS.HI/c1-2-15-13(16-8-10-4-3-7-18-10)17-9-11-5-6-12(14)19-11;/h5-6,10H,2-4,7-9H2,1H3,(H2,15,16,17);1H. The summed E-state index contributed by atoms with van der Waals surface area (Å²) in [6, 6.07) is 4.16. The summed E-state index contributed by atoms with van der Waals surface area (Å²) in [6.45, 7) is 5.37. The highest BCUT2D eigenvalue weighted by molar-refractivity contribution is 14.0. The van der Waals surface area contributed by atoms with Crippen LogP contribution in [0, 0.1) is 0 Å². The number of nitrogens with one attached hydrogen (secondary N) is 2. The Balaban J connectivity index is 0.00000200. The fourth-order valence-corrected chi connectivity index (χ4v) is 3.36. The van der Waals surface area contributed by atoms with Gasteiger partial charge in [0.2, 0.25) is 0 Å². The highest BCUT2D eigenvalue weighted by atomic mass is 127. The summed E-state index contributed by atoms with van der Waals surface area (Å²) in [5.41, 5.74) is 0. The zero-order valence-corrected chi connectivity index (χ0v) is 16.3. The van der Waals surface area contributed by atoms with Crippen molar-refractivity contribution in [3.05, 3.63) is 20.8 Å². The lowest BCUT2D eigenvalue weighted by atomic mass is 10.2. The van der Waals surface area contributed by atoms with E-state index in [4.69, 9.17) is 4.74 Å². The molecule has 1 aromatic heterocycles. The molecule has 0 bridgehead atoms. The highest BCUT2D eigenvalue weighted by Gasteiger charge is 2.15. The number of halogens is 2. The van der Waals surface area contributed by atoms with Crippen molar-refractivity contribution in [2.45, 2.75) is 32.4 Å². The summed E-state index contributed by atoms with van der Waals surface area (Å²) in [7, 11) is 0. The quantitative estimate of drug-likeness (QED) is 0.391. The molecule has 0 amide bonds. The second-order valence-corrected chi connectivity index (χ2v) is 6.96. The van der Waals surface area contributed by atoms with E-state index < -0.39 is 0 Å². The van der Waals surface area contributed by atoms with Crippen molar-refractivity contribution >= 4 is 57.2 Å². The summed E-state index contributed by atoms with van der Waals surface area (Å²) >= 11 is 5.19. The number of rotatable bonds is 5. The van der Waals surface area contributed by atoms with Gasteiger partial charge in [0, 0.05) is 24.6 Å². The van der Waals surface area contributed by atoms with E-state index in [1.165, 1.54) is 11.3 Å². The smallest absolute Gasteiger partial charge is 0.191 e. The molecular formula is C13H21BrIN3OS. The topological polar surface area (TPSA) is 45.7 Å². The van der Waals surface area contributed by atoms with E-state index in [1.54, 1.807) is 11.3 Å². The summed E-state index contributed by atoms with van der Waals surface area (Å²) in [6.07, 6.45) is 2.65. The van der Waals surface area contributed by atoms with Gasteiger partial charge in [-0.05, 0) is 47.8 Å². The third kappa shape index (κ3) is 6.28. The number of hydrogen-bond donors (Lipinski definition) is 2. The lowest BCUT2D eigenvalue weighted by molar-refractivity contribution is 0.114. The summed E-state index contributed by atoms with van der Waals surface area (Å²) in [5, 5.41) is 6.61. The average Bonchev–Trinajstić information content (AvgIpc) is 3.04. The Hall–Kier alpha value is 0.140. The molecule has 4 nitrogen and oxygen atoms in total. The molecular weight excluding hydrogens is 453 g/mol. The maximum atomic E-state index is 5.60. The number of thiophene rings is 1. The third-order valence-corrected chi connectivity index (χ3v) is 4.50. The number of guanidine groups is 1. The van der Waals surface area contributed by atoms with Gasteiger partial charge in [0.25, 0.3) is 0 Å². The molecule has 7 heteroatoms. The molecule has 1 fully saturated rings. The number of ether oxygens (including phenoxy) is 1. The van der Waals surface area contributed by atoms with Crippen molar-refractivity contribution in [2.24, 2.45) is 4.99 Å². The number of hydrogen-bond acceptors (Lipinski definition) is 3. The first-order valence-corrected chi connectivity index (χ1v) is 8.27. The molecule has 0 aromatic carbocycles. The van der Waals surface area contributed by atoms with Gasteiger partial charge in [-0.15, -0.1) is 35.3 Å². The molecule has 2 heterocycles. The van der Waals surface area contributed by atoms with Crippen molar-refractivity contribution in [3.8, 4) is 0 Å². The van der Waals surface area contributed by atoms with Crippen molar-refractivity contribution in [1.29, 1.82) is 0 Å². The highest BCUT2D eigenvalue weighted by Crippen LogP contribution is 2.22. The normalized spacial score (nSPS) is 18.7. The maximum absolute atomic E-state index is 5.60. The van der Waals surface area contributed by atoms with Crippen LogP contribution in [-0.2, 0) is 11.3 Å².